The van der Waals surface area contributed by atoms with Gasteiger partial charge in [0.25, 0.3) is 0 Å². The Morgan fingerprint density at radius 1 is 1.16 bits per heavy atom. The molecule has 0 spiro atoms. The number of hydrogen-bond donors (Lipinski definition) is 0. The summed E-state index contributed by atoms with van der Waals surface area (Å²) < 4.78 is 5.12. The van der Waals surface area contributed by atoms with Gasteiger partial charge in [0.15, 0.2) is 0 Å². The minimum atomic E-state index is 0.371. The van der Waals surface area contributed by atoms with Crippen molar-refractivity contribution < 1.29 is 9.53 Å². The second kappa shape index (κ2) is 7.32. The highest BCUT2D eigenvalue weighted by molar-refractivity contribution is 5.80. The zero-order chi connectivity index (χ0) is 13.5. The largest absolute Gasteiger partial charge is 0.497 e. The van der Waals surface area contributed by atoms with Gasteiger partial charge in [0, 0.05) is 12.8 Å². The zero-order valence-electron chi connectivity index (χ0n) is 11.9. The summed E-state index contributed by atoms with van der Waals surface area (Å²) in [7, 11) is 1.66. The van der Waals surface area contributed by atoms with Crippen molar-refractivity contribution in [2.45, 2.75) is 51.4 Å². The predicted molar refractivity (Wildman–Crippen MR) is 77.5 cm³/mol. The topological polar surface area (TPSA) is 26.3 Å². The van der Waals surface area contributed by atoms with E-state index in [-0.39, 0.29) is 0 Å². The van der Waals surface area contributed by atoms with Gasteiger partial charge in [0.1, 0.15) is 11.5 Å². The Morgan fingerprint density at radius 3 is 2.47 bits per heavy atom. The van der Waals surface area contributed by atoms with Gasteiger partial charge in [-0.25, -0.2) is 0 Å². The van der Waals surface area contributed by atoms with Crippen LogP contribution >= 0.6 is 0 Å². The summed E-state index contributed by atoms with van der Waals surface area (Å²) in [4.78, 5) is 12.0. The lowest BCUT2D eigenvalue weighted by Crippen LogP contribution is -2.10. The van der Waals surface area contributed by atoms with Gasteiger partial charge in [0.05, 0.1) is 7.11 Å². The molecule has 104 valence electrons. The maximum absolute atomic E-state index is 12.0. The van der Waals surface area contributed by atoms with Crippen molar-refractivity contribution in [1.29, 1.82) is 0 Å². The van der Waals surface area contributed by atoms with E-state index in [1.807, 2.05) is 24.3 Å². The van der Waals surface area contributed by atoms with Crippen LogP contribution in [-0.2, 0) is 11.2 Å². The Balaban J connectivity index is 1.73. The van der Waals surface area contributed by atoms with Crippen LogP contribution < -0.4 is 4.74 Å². The number of hydrogen-bond acceptors (Lipinski definition) is 2. The monoisotopic (exact) mass is 260 g/mol. The Bertz CT molecular complexity index is 388. The van der Waals surface area contributed by atoms with Gasteiger partial charge in [-0.2, -0.15) is 0 Å². The van der Waals surface area contributed by atoms with E-state index >= 15 is 0 Å². The number of carbonyl (C=O) groups is 1. The van der Waals surface area contributed by atoms with E-state index in [4.69, 9.17) is 4.74 Å². The Hall–Kier alpha value is -1.31. The fourth-order valence-electron chi connectivity index (χ4n) is 2.90. The lowest BCUT2D eigenvalue weighted by molar-refractivity contribution is -0.118. The van der Waals surface area contributed by atoms with Crippen LogP contribution in [0.15, 0.2) is 24.3 Å². The molecule has 0 atom stereocenters. The first kappa shape index (κ1) is 14.1. The number of benzene rings is 1. The number of ether oxygens (including phenoxy) is 1. The molecule has 0 radical (unpaired) electrons. The molecule has 0 N–H and O–H groups in total. The first-order chi connectivity index (χ1) is 9.28. The average molecular weight is 260 g/mol. The van der Waals surface area contributed by atoms with E-state index in [2.05, 4.69) is 0 Å². The summed E-state index contributed by atoms with van der Waals surface area (Å²) in [6, 6.07) is 7.81. The third-order valence-corrected chi connectivity index (χ3v) is 4.12. The molecule has 1 aliphatic carbocycles. The minimum Gasteiger partial charge on any atom is -0.497 e. The van der Waals surface area contributed by atoms with Crippen LogP contribution in [0.2, 0.25) is 0 Å². The number of rotatable bonds is 6. The highest BCUT2D eigenvalue weighted by Crippen LogP contribution is 2.27. The lowest BCUT2D eigenvalue weighted by Gasteiger charge is -2.20. The van der Waals surface area contributed by atoms with Crippen LogP contribution in [0.5, 0.6) is 5.75 Å². The molecular weight excluding hydrogens is 236 g/mol. The SMILES string of the molecule is COc1ccc(CC(=O)CCC2CCCCC2)cc1. The first-order valence-electron chi connectivity index (χ1n) is 7.42. The molecule has 0 aliphatic heterocycles. The molecule has 2 heteroatoms. The summed E-state index contributed by atoms with van der Waals surface area (Å²) in [5.41, 5.74) is 1.09. The molecule has 0 bridgehead atoms. The third-order valence-electron chi connectivity index (χ3n) is 4.12. The number of carbonyl (C=O) groups excluding carboxylic acids is 1. The highest BCUT2D eigenvalue weighted by atomic mass is 16.5. The normalized spacial score (nSPS) is 16.3. The van der Waals surface area contributed by atoms with Crippen LogP contribution in [0, 0.1) is 5.92 Å². The van der Waals surface area contributed by atoms with E-state index in [9.17, 15) is 4.79 Å². The minimum absolute atomic E-state index is 0.371. The van der Waals surface area contributed by atoms with Gasteiger partial charge in [-0.05, 0) is 30.0 Å². The third kappa shape index (κ3) is 4.70. The molecule has 0 aromatic heterocycles. The smallest absolute Gasteiger partial charge is 0.137 e. The van der Waals surface area contributed by atoms with Crippen LogP contribution in [0.3, 0.4) is 0 Å². The molecule has 1 saturated carbocycles. The van der Waals surface area contributed by atoms with Gasteiger partial charge < -0.3 is 4.74 Å². The number of methoxy groups -OCH3 is 1. The highest BCUT2D eigenvalue weighted by Gasteiger charge is 2.14. The van der Waals surface area contributed by atoms with E-state index in [0.29, 0.717) is 12.2 Å². The maximum Gasteiger partial charge on any atom is 0.137 e. The van der Waals surface area contributed by atoms with Crippen molar-refractivity contribution in [3.05, 3.63) is 29.8 Å². The van der Waals surface area contributed by atoms with Crippen LogP contribution in [0.25, 0.3) is 0 Å². The van der Waals surface area contributed by atoms with Crippen LogP contribution in [-0.4, -0.2) is 12.9 Å². The van der Waals surface area contributed by atoms with Crippen LogP contribution in [0.1, 0.15) is 50.5 Å². The molecule has 0 amide bonds. The molecular formula is C17H24O2. The first-order valence-corrected chi connectivity index (χ1v) is 7.42. The van der Waals surface area contributed by atoms with E-state index in [1.165, 1.54) is 32.1 Å². The summed E-state index contributed by atoms with van der Waals surface area (Å²) in [5, 5.41) is 0. The van der Waals surface area contributed by atoms with Gasteiger partial charge in [-0.15, -0.1) is 0 Å². The second-order valence-electron chi connectivity index (χ2n) is 5.61. The summed E-state index contributed by atoms with van der Waals surface area (Å²) in [6.07, 6.45) is 9.17. The zero-order valence-corrected chi connectivity index (χ0v) is 11.9. The Labute approximate surface area is 116 Å². The Kier molecular flexibility index (Phi) is 5.44. The molecule has 1 aliphatic rings. The van der Waals surface area contributed by atoms with E-state index in [1.54, 1.807) is 7.11 Å². The van der Waals surface area contributed by atoms with E-state index in [0.717, 1.165) is 30.1 Å². The van der Waals surface area contributed by atoms with Crippen molar-refractivity contribution in [1.82, 2.24) is 0 Å². The molecule has 1 aromatic rings. The molecule has 1 fully saturated rings. The summed E-state index contributed by atoms with van der Waals surface area (Å²) >= 11 is 0. The van der Waals surface area contributed by atoms with Gasteiger partial charge in [-0.1, -0.05) is 44.2 Å². The van der Waals surface area contributed by atoms with Gasteiger partial charge in [-0.3, -0.25) is 4.79 Å². The standard InChI is InChI=1S/C17H24O2/c1-19-17-11-8-15(9-12-17)13-16(18)10-7-14-5-3-2-4-6-14/h8-9,11-12,14H,2-7,10,13H2,1H3. The molecule has 0 saturated heterocycles. The fourth-order valence-corrected chi connectivity index (χ4v) is 2.90. The van der Waals surface area contributed by atoms with Crippen molar-refractivity contribution in [2.75, 3.05) is 7.11 Å². The summed E-state index contributed by atoms with van der Waals surface area (Å²) in [5.74, 6) is 2.02. The van der Waals surface area contributed by atoms with Crippen molar-refractivity contribution in [3.63, 3.8) is 0 Å². The lowest BCUT2D eigenvalue weighted by atomic mass is 9.85. The second-order valence-corrected chi connectivity index (χ2v) is 5.61. The number of Topliss-reactive ketones (excluding diaryl/α,β-unsaturated/α-hetero) is 1. The summed E-state index contributed by atoms with van der Waals surface area (Å²) in [6.45, 7) is 0. The maximum atomic E-state index is 12.0. The van der Waals surface area contributed by atoms with Crippen molar-refractivity contribution in [3.8, 4) is 5.75 Å². The van der Waals surface area contributed by atoms with Gasteiger partial charge in [0.2, 0.25) is 0 Å². The van der Waals surface area contributed by atoms with Crippen molar-refractivity contribution >= 4 is 5.78 Å². The fraction of sp³-hybridized carbons (Fsp3) is 0.588. The molecule has 1 aromatic carbocycles. The molecule has 2 nitrogen and oxygen atoms in total. The average Bonchev–Trinajstić information content (AvgIpc) is 2.47. The molecule has 0 heterocycles. The van der Waals surface area contributed by atoms with Crippen molar-refractivity contribution in [2.24, 2.45) is 5.92 Å². The Morgan fingerprint density at radius 2 is 1.84 bits per heavy atom. The van der Waals surface area contributed by atoms with Gasteiger partial charge >= 0.3 is 0 Å². The molecule has 0 unspecified atom stereocenters. The predicted octanol–water partition coefficient (Wildman–Crippen LogP) is 4.17. The van der Waals surface area contributed by atoms with E-state index < -0.39 is 0 Å². The quantitative estimate of drug-likeness (QED) is 0.767. The molecule has 2 rings (SSSR count). The number of ketones is 1. The van der Waals surface area contributed by atoms with Crippen LogP contribution in [0.4, 0.5) is 0 Å². The molecule has 19 heavy (non-hydrogen) atoms.